The summed E-state index contributed by atoms with van der Waals surface area (Å²) in [4.78, 5) is 23.6. The van der Waals surface area contributed by atoms with E-state index in [1.54, 1.807) is 29.6 Å². The van der Waals surface area contributed by atoms with Gasteiger partial charge >= 0.3 is 11.9 Å². The number of rotatable bonds is 20. The predicted octanol–water partition coefficient (Wildman–Crippen LogP) is 5.52. The molecule has 0 aromatic heterocycles. The summed E-state index contributed by atoms with van der Waals surface area (Å²) < 4.78 is 0. The van der Waals surface area contributed by atoms with Crippen molar-refractivity contribution in [3.05, 3.63) is 34.4 Å². The first kappa shape index (κ1) is 30.8. The molecule has 0 fully saturated rings. The van der Waals surface area contributed by atoms with Gasteiger partial charge in [-0.3, -0.25) is 0 Å². The highest BCUT2D eigenvalue weighted by molar-refractivity contribution is 7.99. The van der Waals surface area contributed by atoms with Gasteiger partial charge in [-0.2, -0.15) is 23.5 Å². The van der Waals surface area contributed by atoms with Gasteiger partial charge in [0.2, 0.25) is 0 Å². The second kappa shape index (κ2) is 18.1. The van der Waals surface area contributed by atoms with Crippen LogP contribution in [0.15, 0.2) is 12.1 Å². The highest BCUT2D eigenvalue weighted by atomic mass is 32.2. The quantitative estimate of drug-likeness (QED) is 0.168. The molecule has 0 aliphatic carbocycles. The molecular weight excluding hydrogens is 472 g/mol. The zero-order valence-electron chi connectivity index (χ0n) is 20.6. The number of thioether (sulfide) groups is 2. The number of aromatic carboxylic acids is 2. The fraction of sp³-hybridized carbons (Fsp3) is 0.692. The SMILES string of the molecule is CCCC(O)CCSCCCc1ccc(C(=O)O)c(C(=O)O)c1CCCSCCC(O)CCC. The maximum absolute atomic E-state index is 12.0. The zero-order chi connectivity index (χ0) is 25.3. The lowest BCUT2D eigenvalue weighted by molar-refractivity contribution is 0.0650. The van der Waals surface area contributed by atoms with Crippen molar-refractivity contribution in [1.29, 1.82) is 0 Å². The van der Waals surface area contributed by atoms with Crippen molar-refractivity contribution in [3.8, 4) is 0 Å². The van der Waals surface area contributed by atoms with E-state index in [0.29, 0.717) is 18.4 Å². The van der Waals surface area contributed by atoms with E-state index >= 15 is 0 Å². The second-order valence-electron chi connectivity index (χ2n) is 8.63. The molecule has 0 spiro atoms. The lowest BCUT2D eigenvalue weighted by Crippen LogP contribution is -2.14. The third-order valence-electron chi connectivity index (χ3n) is 5.74. The fourth-order valence-electron chi connectivity index (χ4n) is 3.95. The molecule has 0 aliphatic rings. The first-order valence-corrected chi connectivity index (χ1v) is 14.8. The number of benzene rings is 1. The van der Waals surface area contributed by atoms with Crippen LogP contribution in [0.5, 0.6) is 0 Å². The van der Waals surface area contributed by atoms with Gasteiger partial charge < -0.3 is 20.4 Å². The summed E-state index contributed by atoms with van der Waals surface area (Å²) in [5, 5.41) is 39.0. The highest BCUT2D eigenvalue weighted by Crippen LogP contribution is 2.25. The van der Waals surface area contributed by atoms with Gasteiger partial charge in [0.1, 0.15) is 0 Å². The summed E-state index contributed by atoms with van der Waals surface area (Å²) in [7, 11) is 0. The van der Waals surface area contributed by atoms with Crippen LogP contribution in [-0.2, 0) is 12.8 Å². The van der Waals surface area contributed by atoms with Crippen molar-refractivity contribution < 1.29 is 30.0 Å². The highest BCUT2D eigenvalue weighted by Gasteiger charge is 2.22. The standard InChI is InChI=1S/C26H42O6S2/c1-3-7-20(27)13-17-33-15-5-9-19-11-12-23(25(29)30)24(26(31)32)22(19)10-6-16-34-18-14-21(28)8-4-2/h11-12,20-21,27-28H,3-10,13-18H2,1-2H3,(H,29,30)(H,31,32). The molecule has 0 amide bonds. The van der Waals surface area contributed by atoms with Crippen LogP contribution in [0.4, 0.5) is 0 Å². The molecule has 1 aromatic carbocycles. The first-order valence-electron chi connectivity index (χ1n) is 12.4. The number of carbonyl (C=O) groups is 2. The van der Waals surface area contributed by atoms with Crippen molar-refractivity contribution in [3.63, 3.8) is 0 Å². The summed E-state index contributed by atoms with van der Waals surface area (Å²) in [6.45, 7) is 4.11. The molecule has 0 saturated carbocycles. The predicted molar refractivity (Wildman–Crippen MR) is 143 cm³/mol. The molecule has 2 unspecified atom stereocenters. The summed E-state index contributed by atoms with van der Waals surface area (Å²) in [5.41, 5.74) is 1.32. The molecule has 1 rings (SSSR count). The van der Waals surface area contributed by atoms with Gasteiger partial charge in [-0.05, 0) is 91.6 Å². The van der Waals surface area contributed by atoms with Crippen LogP contribution >= 0.6 is 23.5 Å². The maximum atomic E-state index is 12.0. The van der Waals surface area contributed by atoms with Crippen LogP contribution in [0.25, 0.3) is 0 Å². The molecule has 2 atom stereocenters. The van der Waals surface area contributed by atoms with Crippen molar-refractivity contribution in [2.75, 3.05) is 23.0 Å². The molecule has 0 heterocycles. The van der Waals surface area contributed by atoms with Gasteiger partial charge in [0.15, 0.2) is 0 Å². The normalized spacial score (nSPS) is 13.1. The van der Waals surface area contributed by atoms with Gasteiger partial charge in [0, 0.05) is 0 Å². The van der Waals surface area contributed by atoms with Crippen LogP contribution in [-0.4, -0.2) is 67.6 Å². The third kappa shape index (κ3) is 12.0. The Morgan fingerprint density at radius 2 is 1.29 bits per heavy atom. The Labute approximate surface area is 212 Å². The van der Waals surface area contributed by atoms with Gasteiger partial charge in [-0.15, -0.1) is 0 Å². The van der Waals surface area contributed by atoms with E-state index in [0.717, 1.165) is 79.9 Å². The molecule has 0 bridgehead atoms. The fourth-order valence-corrected chi connectivity index (χ4v) is 5.93. The van der Waals surface area contributed by atoms with Gasteiger partial charge in [0.25, 0.3) is 0 Å². The Balaban J connectivity index is 2.70. The Morgan fingerprint density at radius 3 is 1.76 bits per heavy atom. The molecule has 0 radical (unpaired) electrons. The van der Waals surface area contributed by atoms with Crippen LogP contribution in [0, 0.1) is 0 Å². The van der Waals surface area contributed by atoms with E-state index in [1.807, 2.05) is 0 Å². The number of carboxylic acid groups (broad SMARTS) is 2. The minimum atomic E-state index is -1.22. The number of aryl methyl sites for hydroxylation is 1. The van der Waals surface area contributed by atoms with Crippen molar-refractivity contribution in [2.45, 2.75) is 90.3 Å². The zero-order valence-corrected chi connectivity index (χ0v) is 22.3. The van der Waals surface area contributed by atoms with Crippen molar-refractivity contribution in [2.24, 2.45) is 0 Å². The average molecular weight is 515 g/mol. The molecule has 0 aliphatic heterocycles. The molecule has 194 valence electrons. The molecule has 0 saturated heterocycles. The Morgan fingerprint density at radius 1 is 0.765 bits per heavy atom. The smallest absolute Gasteiger partial charge is 0.336 e. The number of aliphatic hydroxyl groups is 2. The molecule has 6 nitrogen and oxygen atoms in total. The Bertz CT molecular complexity index is 740. The summed E-state index contributed by atoms with van der Waals surface area (Å²) in [5.74, 6) is 1.10. The van der Waals surface area contributed by atoms with Crippen LogP contribution in [0.2, 0.25) is 0 Å². The third-order valence-corrected chi connectivity index (χ3v) is 7.94. The van der Waals surface area contributed by atoms with Crippen LogP contribution in [0.3, 0.4) is 0 Å². The Hall–Kier alpha value is -1.22. The van der Waals surface area contributed by atoms with Crippen LogP contribution in [0.1, 0.15) is 97.1 Å². The van der Waals surface area contributed by atoms with Crippen molar-refractivity contribution >= 4 is 35.5 Å². The van der Waals surface area contributed by atoms with Crippen molar-refractivity contribution in [1.82, 2.24) is 0 Å². The monoisotopic (exact) mass is 514 g/mol. The molecular formula is C26H42O6S2. The van der Waals surface area contributed by atoms with E-state index in [2.05, 4.69) is 13.8 Å². The lowest BCUT2D eigenvalue weighted by Gasteiger charge is -2.15. The van der Waals surface area contributed by atoms with Gasteiger partial charge in [0.05, 0.1) is 23.3 Å². The number of hydrogen-bond acceptors (Lipinski definition) is 6. The summed E-state index contributed by atoms with van der Waals surface area (Å²) >= 11 is 3.53. The maximum Gasteiger partial charge on any atom is 0.336 e. The largest absolute Gasteiger partial charge is 0.478 e. The van der Waals surface area contributed by atoms with E-state index in [4.69, 9.17) is 0 Å². The summed E-state index contributed by atoms with van der Waals surface area (Å²) in [6.07, 6.45) is 7.49. The number of aliphatic hydroxyl groups excluding tert-OH is 2. The second-order valence-corrected chi connectivity index (χ2v) is 11.1. The van der Waals surface area contributed by atoms with Gasteiger partial charge in [-0.25, -0.2) is 9.59 Å². The van der Waals surface area contributed by atoms with E-state index < -0.39 is 11.9 Å². The molecule has 8 heteroatoms. The molecule has 34 heavy (non-hydrogen) atoms. The minimum absolute atomic E-state index is 0.0799. The van der Waals surface area contributed by atoms with E-state index in [9.17, 15) is 30.0 Å². The van der Waals surface area contributed by atoms with E-state index in [1.165, 1.54) is 6.07 Å². The number of carboxylic acids is 2. The molecule has 1 aromatic rings. The number of hydrogen-bond donors (Lipinski definition) is 4. The lowest BCUT2D eigenvalue weighted by atomic mass is 9.91. The minimum Gasteiger partial charge on any atom is -0.478 e. The Kier molecular flexibility index (Phi) is 16.4. The van der Waals surface area contributed by atoms with E-state index in [-0.39, 0.29) is 23.3 Å². The topological polar surface area (TPSA) is 115 Å². The van der Waals surface area contributed by atoms with Crippen LogP contribution < -0.4 is 0 Å². The summed E-state index contributed by atoms with van der Waals surface area (Å²) in [6, 6.07) is 3.19. The molecule has 4 N–H and O–H groups in total. The van der Waals surface area contributed by atoms with Gasteiger partial charge in [-0.1, -0.05) is 32.8 Å². The first-order chi connectivity index (χ1) is 16.3. The average Bonchev–Trinajstić information content (AvgIpc) is 2.78.